The van der Waals surface area contributed by atoms with Crippen molar-refractivity contribution in [1.82, 2.24) is 14.5 Å². The summed E-state index contributed by atoms with van der Waals surface area (Å²) in [7, 11) is 0. The van der Waals surface area contributed by atoms with Crippen molar-refractivity contribution in [2.45, 2.75) is 0 Å². The zero-order chi connectivity index (χ0) is 12.5. The number of para-hydroxylation sites is 1. The van der Waals surface area contributed by atoms with Gasteiger partial charge in [0.25, 0.3) is 0 Å². The van der Waals surface area contributed by atoms with Crippen molar-refractivity contribution >= 4 is 16.9 Å². The Labute approximate surface area is 102 Å². The number of carboxylic acid groups (broad SMARTS) is 1. The van der Waals surface area contributed by atoms with E-state index < -0.39 is 5.97 Å². The minimum Gasteiger partial charge on any atom is -0.476 e. The van der Waals surface area contributed by atoms with Crippen molar-refractivity contribution < 1.29 is 9.90 Å². The van der Waals surface area contributed by atoms with Gasteiger partial charge >= 0.3 is 5.97 Å². The first-order chi connectivity index (χ1) is 8.77. The van der Waals surface area contributed by atoms with E-state index in [9.17, 15) is 9.90 Å². The molecule has 1 aromatic carbocycles. The van der Waals surface area contributed by atoms with Gasteiger partial charge in [0.15, 0.2) is 5.69 Å². The summed E-state index contributed by atoms with van der Waals surface area (Å²) < 4.78 is 1.61. The Balaban J connectivity index is 2.36. The molecule has 0 unspecified atom stereocenters. The molecule has 18 heavy (non-hydrogen) atoms. The van der Waals surface area contributed by atoms with Gasteiger partial charge in [0, 0.05) is 23.5 Å². The summed E-state index contributed by atoms with van der Waals surface area (Å²) in [5, 5.41) is 10.0. The minimum absolute atomic E-state index is 0.151. The largest absolute Gasteiger partial charge is 0.476 e. The number of aromatic carboxylic acids is 1. The fraction of sp³-hybridized carbons (Fsp3) is 0. The Kier molecular flexibility index (Phi) is 2.30. The number of hydrogen-bond acceptors (Lipinski definition) is 3. The van der Waals surface area contributed by atoms with Gasteiger partial charge in [-0.1, -0.05) is 18.2 Å². The van der Waals surface area contributed by atoms with Crippen LogP contribution in [0.5, 0.6) is 0 Å². The van der Waals surface area contributed by atoms with Gasteiger partial charge in [-0.2, -0.15) is 0 Å². The Morgan fingerprint density at radius 3 is 2.72 bits per heavy atom. The number of aromatic nitrogens is 3. The molecular formula is C13H9N3O2. The second kappa shape index (κ2) is 3.96. The van der Waals surface area contributed by atoms with E-state index in [2.05, 4.69) is 9.97 Å². The quantitative estimate of drug-likeness (QED) is 0.743. The molecule has 0 atom stereocenters. The summed E-state index contributed by atoms with van der Waals surface area (Å²) >= 11 is 0. The number of hydrogen-bond donors (Lipinski definition) is 1. The third-order valence-corrected chi connectivity index (χ3v) is 2.71. The van der Waals surface area contributed by atoms with Crippen LogP contribution in [0.2, 0.25) is 0 Å². The molecule has 0 bridgehead atoms. The van der Waals surface area contributed by atoms with E-state index in [1.807, 2.05) is 30.3 Å². The summed E-state index contributed by atoms with van der Waals surface area (Å²) in [5.74, 6) is -1.01. The zero-order valence-electron chi connectivity index (χ0n) is 9.32. The molecule has 0 aliphatic carbocycles. The van der Waals surface area contributed by atoms with Crippen LogP contribution in [0.25, 0.3) is 16.6 Å². The first-order valence-electron chi connectivity index (χ1n) is 5.37. The van der Waals surface area contributed by atoms with Crippen LogP contribution in [0.1, 0.15) is 10.5 Å². The number of benzene rings is 1. The van der Waals surface area contributed by atoms with Gasteiger partial charge in [-0.25, -0.2) is 14.8 Å². The normalized spacial score (nSPS) is 10.7. The number of carbonyl (C=O) groups is 1. The molecule has 0 saturated carbocycles. The highest BCUT2D eigenvalue weighted by molar-refractivity contribution is 6.01. The van der Waals surface area contributed by atoms with Crippen LogP contribution in [0.3, 0.4) is 0 Å². The summed E-state index contributed by atoms with van der Waals surface area (Å²) in [6.07, 6.45) is 4.69. The van der Waals surface area contributed by atoms with Gasteiger partial charge < -0.3 is 9.67 Å². The predicted molar refractivity (Wildman–Crippen MR) is 65.8 cm³/mol. The highest BCUT2D eigenvalue weighted by Crippen LogP contribution is 2.22. The van der Waals surface area contributed by atoms with Gasteiger partial charge in [0.1, 0.15) is 11.8 Å². The third-order valence-electron chi connectivity index (χ3n) is 2.71. The molecule has 0 saturated heterocycles. The van der Waals surface area contributed by atoms with E-state index in [4.69, 9.17) is 0 Å². The first kappa shape index (κ1) is 10.5. The standard InChI is InChI=1S/C13H9N3O2/c17-13(18)12-11-9(6-14-8-15-11)7-16(12)10-4-2-1-3-5-10/h1-8H,(H,17,18). The van der Waals surface area contributed by atoms with E-state index in [0.717, 1.165) is 5.69 Å². The molecular weight excluding hydrogens is 230 g/mol. The van der Waals surface area contributed by atoms with Crippen molar-refractivity contribution in [3.8, 4) is 5.69 Å². The van der Waals surface area contributed by atoms with Gasteiger partial charge in [0.2, 0.25) is 0 Å². The monoisotopic (exact) mass is 239 g/mol. The average Bonchev–Trinajstić information content (AvgIpc) is 2.79. The molecule has 0 fully saturated rings. The van der Waals surface area contributed by atoms with E-state index in [0.29, 0.717) is 10.9 Å². The smallest absolute Gasteiger partial charge is 0.355 e. The fourth-order valence-corrected chi connectivity index (χ4v) is 1.95. The summed E-state index contributed by atoms with van der Waals surface area (Å²) in [6, 6.07) is 9.29. The second-order valence-electron chi connectivity index (χ2n) is 3.82. The summed E-state index contributed by atoms with van der Waals surface area (Å²) in [5.41, 5.74) is 1.38. The van der Waals surface area contributed by atoms with Crippen LogP contribution in [0, 0.1) is 0 Å². The van der Waals surface area contributed by atoms with Crippen molar-refractivity contribution in [3.63, 3.8) is 0 Å². The van der Waals surface area contributed by atoms with Crippen LogP contribution in [0.15, 0.2) is 49.1 Å². The van der Waals surface area contributed by atoms with Crippen LogP contribution in [-0.2, 0) is 0 Å². The van der Waals surface area contributed by atoms with Crippen LogP contribution in [0.4, 0.5) is 0 Å². The Hall–Kier alpha value is -2.69. The lowest BCUT2D eigenvalue weighted by molar-refractivity contribution is 0.0690. The molecule has 2 heterocycles. The lowest BCUT2D eigenvalue weighted by Gasteiger charge is -2.05. The zero-order valence-corrected chi connectivity index (χ0v) is 9.32. The number of carboxylic acids is 1. The highest BCUT2D eigenvalue weighted by Gasteiger charge is 2.17. The molecule has 0 spiro atoms. The average molecular weight is 239 g/mol. The topological polar surface area (TPSA) is 68.0 Å². The Bertz CT molecular complexity index is 719. The van der Waals surface area contributed by atoms with E-state index in [1.165, 1.54) is 6.33 Å². The van der Waals surface area contributed by atoms with Gasteiger partial charge in [-0.05, 0) is 12.1 Å². The third kappa shape index (κ3) is 1.53. The number of rotatable bonds is 2. The summed E-state index contributed by atoms with van der Waals surface area (Å²) in [6.45, 7) is 0. The van der Waals surface area contributed by atoms with Crippen LogP contribution < -0.4 is 0 Å². The molecule has 3 aromatic rings. The molecule has 88 valence electrons. The molecule has 0 radical (unpaired) electrons. The van der Waals surface area contributed by atoms with Crippen molar-refractivity contribution in [2.24, 2.45) is 0 Å². The van der Waals surface area contributed by atoms with Crippen LogP contribution in [-0.4, -0.2) is 25.6 Å². The first-order valence-corrected chi connectivity index (χ1v) is 5.37. The van der Waals surface area contributed by atoms with Gasteiger partial charge in [-0.3, -0.25) is 0 Å². The molecule has 3 rings (SSSR count). The van der Waals surface area contributed by atoms with Crippen molar-refractivity contribution in [2.75, 3.05) is 0 Å². The molecule has 1 N–H and O–H groups in total. The lowest BCUT2D eigenvalue weighted by atomic mass is 10.3. The molecule has 0 amide bonds. The molecule has 0 aliphatic rings. The molecule has 5 nitrogen and oxygen atoms in total. The van der Waals surface area contributed by atoms with Crippen LogP contribution >= 0.6 is 0 Å². The van der Waals surface area contributed by atoms with E-state index in [-0.39, 0.29) is 5.69 Å². The highest BCUT2D eigenvalue weighted by atomic mass is 16.4. The SMILES string of the molecule is O=C(O)c1c2ncncc2cn1-c1ccccc1. The molecule has 0 aliphatic heterocycles. The van der Waals surface area contributed by atoms with Crippen molar-refractivity contribution in [3.05, 3.63) is 54.7 Å². The van der Waals surface area contributed by atoms with E-state index in [1.54, 1.807) is 17.0 Å². The lowest BCUT2D eigenvalue weighted by Crippen LogP contribution is -2.06. The molecule has 5 heteroatoms. The maximum absolute atomic E-state index is 11.4. The van der Waals surface area contributed by atoms with Gasteiger partial charge in [-0.15, -0.1) is 0 Å². The maximum Gasteiger partial charge on any atom is 0.355 e. The number of fused-ring (bicyclic) bond motifs is 1. The second-order valence-corrected chi connectivity index (χ2v) is 3.82. The minimum atomic E-state index is -1.01. The van der Waals surface area contributed by atoms with E-state index >= 15 is 0 Å². The Morgan fingerprint density at radius 1 is 1.22 bits per heavy atom. The molecule has 2 aromatic heterocycles. The summed E-state index contributed by atoms with van der Waals surface area (Å²) in [4.78, 5) is 19.3. The fourth-order valence-electron chi connectivity index (χ4n) is 1.95. The van der Waals surface area contributed by atoms with Crippen molar-refractivity contribution in [1.29, 1.82) is 0 Å². The maximum atomic E-state index is 11.4. The number of nitrogens with zero attached hydrogens (tertiary/aromatic N) is 3. The Morgan fingerprint density at radius 2 is 2.00 bits per heavy atom. The van der Waals surface area contributed by atoms with Gasteiger partial charge in [0.05, 0.1) is 0 Å². The predicted octanol–water partition coefficient (Wildman–Crippen LogP) is 2.12.